The van der Waals surface area contributed by atoms with E-state index in [-0.39, 0.29) is 6.61 Å². The lowest BCUT2D eigenvalue weighted by molar-refractivity contribution is -0.176. The number of rotatable bonds is 9. The van der Waals surface area contributed by atoms with Gasteiger partial charge in [-0.05, 0) is 35.2 Å². The van der Waals surface area contributed by atoms with Crippen LogP contribution in [-0.2, 0) is 24.3 Å². The van der Waals surface area contributed by atoms with Gasteiger partial charge in [-0.25, -0.2) is 0 Å². The smallest absolute Gasteiger partial charge is 0.411 e. The molecule has 0 spiro atoms. The zero-order chi connectivity index (χ0) is 21.1. The normalized spacial score (nSPS) is 12.0. The number of hydrogen-bond acceptors (Lipinski definition) is 3. The fourth-order valence-corrected chi connectivity index (χ4v) is 2.60. The molecule has 2 N–H and O–H groups in total. The van der Waals surface area contributed by atoms with Crippen LogP contribution in [0.4, 0.5) is 13.2 Å². The molecule has 0 bridgehead atoms. The summed E-state index contributed by atoms with van der Waals surface area (Å²) in [6.07, 6.45) is -3.48. The van der Waals surface area contributed by atoms with E-state index in [1.165, 1.54) is 0 Å². The van der Waals surface area contributed by atoms with Gasteiger partial charge in [0.05, 0.1) is 13.7 Å². The summed E-state index contributed by atoms with van der Waals surface area (Å²) >= 11 is 0. The van der Waals surface area contributed by atoms with E-state index in [9.17, 15) is 13.2 Å². The molecule has 0 saturated carbocycles. The Hall–Kier alpha value is -2.74. The maximum absolute atomic E-state index is 12.1. The fraction of sp³-hybridized carbons (Fsp3) is 0.381. The Bertz CT molecular complexity index is 777. The topological polar surface area (TPSA) is 54.9 Å². The highest BCUT2D eigenvalue weighted by Gasteiger charge is 2.27. The van der Waals surface area contributed by atoms with Crippen molar-refractivity contribution < 1.29 is 22.6 Å². The first kappa shape index (κ1) is 22.5. The molecule has 2 rings (SSSR count). The van der Waals surface area contributed by atoms with E-state index in [2.05, 4.69) is 20.4 Å². The second-order valence-electron chi connectivity index (χ2n) is 6.38. The molecule has 0 amide bonds. The van der Waals surface area contributed by atoms with Gasteiger partial charge in [-0.1, -0.05) is 36.4 Å². The van der Waals surface area contributed by atoms with Crippen LogP contribution >= 0.6 is 0 Å². The number of halogens is 3. The van der Waals surface area contributed by atoms with Crippen molar-refractivity contribution >= 4 is 5.96 Å². The lowest BCUT2D eigenvalue weighted by Crippen LogP contribution is -2.37. The van der Waals surface area contributed by atoms with Gasteiger partial charge in [0.1, 0.15) is 12.4 Å². The molecule has 0 aromatic heterocycles. The number of nitrogens with one attached hydrogen (secondary N) is 2. The van der Waals surface area contributed by atoms with E-state index in [4.69, 9.17) is 4.74 Å². The van der Waals surface area contributed by atoms with Crippen LogP contribution in [0.3, 0.4) is 0 Å². The van der Waals surface area contributed by atoms with E-state index >= 15 is 0 Å². The number of nitrogens with zero attached hydrogens (tertiary/aromatic N) is 1. The van der Waals surface area contributed by atoms with Gasteiger partial charge in [0.2, 0.25) is 0 Å². The third kappa shape index (κ3) is 8.87. The van der Waals surface area contributed by atoms with Gasteiger partial charge in [0, 0.05) is 20.1 Å². The lowest BCUT2D eigenvalue weighted by atomic mass is 10.1. The number of benzene rings is 2. The van der Waals surface area contributed by atoms with Crippen molar-refractivity contribution in [3.8, 4) is 5.75 Å². The van der Waals surface area contributed by atoms with E-state index in [0.717, 1.165) is 23.3 Å². The SMILES string of the molecule is CN=C(NCCc1cccc(OC)c1)NCc1ccc(COCC(F)(F)F)cc1. The van der Waals surface area contributed by atoms with E-state index in [1.807, 2.05) is 36.4 Å². The first-order chi connectivity index (χ1) is 13.9. The van der Waals surface area contributed by atoms with Crippen molar-refractivity contribution in [1.29, 1.82) is 0 Å². The first-order valence-electron chi connectivity index (χ1n) is 9.19. The largest absolute Gasteiger partial charge is 0.497 e. The summed E-state index contributed by atoms with van der Waals surface area (Å²) in [7, 11) is 3.34. The van der Waals surface area contributed by atoms with Crippen LogP contribution in [0.1, 0.15) is 16.7 Å². The molecule has 2 aromatic carbocycles. The second kappa shape index (κ2) is 11.3. The van der Waals surface area contributed by atoms with Crippen molar-refractivity contribution in [2.24, 2.45) is 4.99 Å². The monoisotopic (exact) mass is 409 g/mol. The molecule has 0 saturated heterocycles. The number of methoxy groups -OCH3 is 1. The van der Waals surface area contributed by atoms with Crippen molar-refractivity contribution in [2.75, 3.05) is 27.3 Å². The third-order valence-electron chi connectivity index (χ3n) is 4.08. The number of alkyl halides is 3. The number of guanidine groups is 1. The average molecular weight is 409 g/mol. The predicted molar refractivity (Wildman–Crippen MR) is 107 cm³/mol. The van der Waals surface area contributed by atoms with Gasteiger partial charge in [-0.2, -0.15) is 13.2 Å². The molecule has 29 heavy (non-hydrogen) atoms. The number of hydrogen-bond donors (Lipinski definition) is 2. The zero-order valence-electron chi connectivity index (χ0n) is 16.6. The molecule has 5 nitrogen and oxygen atoms in total. The predicted octanol–water partition coefficient (Wildman–Crippen LogP) is 3.68. The second-order valence-corrected chi connectivity index (χ2v) is 6.38. The molecule has 158 valence electrons. The summed E-state index contributed by atoms with van der Waals surface area (Å²) in [6.45, 7) is -0.0559. The van der Waals surface area contributed by atoms with Crippen molar-refractivity contribution in [3.63, 3.8) is 0 Å². The molecule has 0 fully saturated rings. The first-order valence-corrected chi connectivity index (χ1v) is 9.19. The summed E-state index contributed by atoms with van der Waals surface area (Å²) in [5.74, 6) is 1.50. The van der Waals surface area contributed by atoms with Crippen LogP contribution in [0.15, 0.2) is 53.5 Å². The Labute approximate surface area is 168 Å². The van der Waals surface area contributed by atoms with Crippen LogP contribution in [0, 0.1) is 0 Å². The van der Waals surface area contributed by atoms with E-state index in [0.29, 0.717) is 24.6 Å². The van der Waals surface area contributed by atoms with E-state index in [1.54, 1.807) is 26.3 Å². The van der Waals surface area contributed by atoms with Crippen LogP contribution in [0.2, 0.25) is 0 Å². The Morgan fingerprint density at radius 3 is 2.38 bits per heavy atom. The summed E-state index contributed by atoms with van der Waals surface area (Å²) in [5, 5.41) is 6.46. The van der Waals surface area contributed by atoms with Crippen molar-refractivity contribution in [3.05, 3.63) is 65.2 Å². The molecule has 0 radical (unpaired) electrons. The zero-order valence-corrected chi connectivity index (χ0v) is 16.6. The summed E-state index contributed by atoms with van der Waals surface area (Å²) < 4.78 is 46.2. The maximum atomic E-state index is 12.1. The molecule has 0 atom stereocenters. The highest BCUT2D eigenvalue weighted by Crippen LogP contribution is 2.16. The Morgan fingerprint density at radius 1 is 1.00 bits per heavy atom. The molecule has 8 heteroatoms. The summed E-state index contributed by atoms with van der Waals surface area (Å²) in [4.78, 5) is 4.19. The molecule has 0 unspecified atom stereocenters. The quantitative estimate of drug-likeness (QED) is 0.490. The molecule has 0 aliphatic heterocycles. The standard InChI is InChI=1S/C21H26F3N3O2/c1-25-20(26-11-10-16-4-3-5-19(12-16)28-2)27-13-17-6-8-18(9-7-17)14-29-15-21(22,23)24/h3-9,12H,10-11,13-15H2,1-2H3,(H2,25,26,27). The van der Waals surface area contributed by atoms with Crippen LogP contribution < -0.4 is 15.4 Å². The van der Waals surface area contributed by atoms with Crippen LogP contribution in [0.25, 0.3) is 0 Å². The fourth-order valence-electron chi connectivity index (χ4n) is 2.60. The Kier molecular flexibility index (Phi) is 8.79. The van der Waals surface area contributed by atoms with Crippen LogP contribution in [-0.4, -0.2) is 39.4 Å². The average Bonchev–Trinajstić information content (AvgIpc) is 2.70. The lowest BCUT2D eigenvalue weighted by Gasteiger charge is -2.13. The van der Waals surface area contributed by atoms with Gasteiger partial charge in [-0.3, -0.25) is 4.99 Å². The van der Waals surface area contributed by atoms with Gasteiger partial charge < -0.3 is 20.1 Å². The highest BCUT2D eigenvalue weighted by molar-refractivity contribution is 5.79. The van der Waals surface area contributed by atoms with Gasteiger partial charge >= 0.3 is 6.18 Å². The van der Waals surface area contributed by atoms with Gasteiger partial charge in [0.25, 0.3) is 0 Å². The van der Waals surface area contributed by atoms with Gasteiger partial charge in [-0.15, -0.1) is 0 Å². The molecule has 0 aliphatic rings. The molecular weight excluding hydrogens is 383 g/mol. The number of ether oxygens (including phenoxy) is 2. The summed E-state index contributed by atoms with van der Waals surface area (Å²) in [6, 6.07) is 15.1. The minimum atomic E-state index is -4.31. The third-order valence-corrected chi connectivity index (χ3v) is 4.08. The molecular formula is C21H26F3N3O2. The molecule has 0 heterocycles. The molecule has 0 aliphatic carbocycles. The van der Waals surface area contributed by atoms with Gasteiger partial charge in [0.15, 0.2) is 5.96 Å². The summed E-state index contributed by atoms with van der Waals surface area (Å²) in [5.41, 5.74) is 2.84. The highest BCUT2D eigenvalue weighted by atomic mass is 19.4. The molecule has 2 aromatic rings. The Morgan fingerprint density at radius 2 is 1.72 bits per heavy atom. The van der Waals surface area contributed by atoms with Crippen molar-refractivity contribution in [1.82, 2.24) is 10.6 Å². The van der Waals surface area contributed by atoms with Crippen LogP contribution in [0.5, 0.6) is 5.75 Å². The Balaban J connectivity index is 1.72. The van der Waals surface area contributed by atoms with Crippen molar-refractivity contribution in [2.45, 2.75) is 25.7 Å². The maximum Gasteiger partial charge on any atom is 0.411 e. The minimum absolute atomic E-state index is 0.0687. The number of aliphatic imine (C=N–C) groups is 1. The van der Waals surface area contributed by atoms with E-state index < -0.39 is 12.8 Å². The minimum Gasteiger partial charge on any atom is -0.497 e.